The van der Waals surface area contributed by atoms with Crippen molar-refractivity contribution in [2.75, 3.05) is 0 Å². The van der Waals surface area contributed by atoms with Crippen molar-refractivity contribution in [3.63, 3.8) is 0 Å². The van der Waals surface area contributed by atoms with E-state index in [1.807, 2.05) is 42.6 Å². The van der Waals surface area contributed by atoms with Crippen LogP contribution in [0.5, 0.6) is 0 Å². The van der Waals surface area contributed by atoms with E-state index in [1.165, 1.54) is 11.1 Å². The number of pyridine rings is 1. The van der Waals surface area contributed by atoms with Crippen LogP contribution in [0.3, 0.4) is 0 Å². The number of hydrogen-bond acceptors (Lipinski definition) is 1. The summed E-state index contributed by atoms with van der Waals surface area (Å²) in [5.74, 6) is 0. The molecule has 0 aliphatic carbocycles. The summed E-state index contributed by atoms with van der Waals surface area (Å²) >= 11 is 0. The van der Waals surface area contributed by atoms with Crippen LogP contribution in [-0.2, 0) is 0 Å². The zero-order valence-corrected chi connectivity index (χ0v) is 17.0. The average Bonchev–Trinajstić information content (AvgIpc) is 2.89. The maximum Gasteiger partial charge on any atom is 0.0708 e. The van der Waals surface area contributed by atoms with Crippen LogP contribution < -0.4 is 0 Å². The Morgan fingerprint density at radius 3 is 1.74 bits per heavy atom. The van der Waals surface area contributed by atoms with Crippen LogP contribution in [0.2, 0.25) is 0 Å². The molecule has 5 rings (SSSR count). The highest BCUT2D eigenvalue weighted by molar-refractivity contribution is 5.76. The van der Waals surface area contributed by atoms with Crippen molar-refractivity contribution < 1.29 is 4.11 Å². The molecule has 148 valence electrons. The largest absolute Gasteiger partial charge is 0.256 e. The van der Waals surface area contributed by atoms with Gasteiger partial charge in [0.05, 0.1) is 5.69 Å². The number of rotatable bonds is 4. The fraction of sp³-hybridized carbons (Fsp3) is 0.0333. The van der Waals surface area contributed by atoms with Crippen molar-refractivity contribution >= 4 is 0 Å². The Kier molecular flexibility index (Phi) is 4.29. The average molecular weight is 401 g/mol. The number of aryl methyl sites for hydroxylation is 1. The monoisotopic (exact) mass is 400 g/mol. The van der Waals surface area contributed by atoms with E-state index in [2.05, 4.69) is 71.7 Å². The SMILES string of the molecule is [2H]C([2H])([2H])c1ccc(-c2ccc(-c3ccnc(-c4cccc(-c5ccccc5)c4)c3)cc2)cc1. The second-order valence-electron chi connectivity index (χ2n) is 7.53. The highest BCUT2D eigenvalue weighted by Crippen LogP contribution is 2.29. The molecule has 0 atom stereocenters. The topological polar surface area (TPSA) is 12.9 Å². The van der Waals surface area contributed by atoms with Crippen LogP contribution in [0.4, 0.5) is 0 Å². The molecule has 0 saturated carbocycles. The molecule has 4 aromatic carbocycles. The van der Waals surface area contributed by atoms with Crippen molar-refractivity contribution in [1.29, 1.82) is 0 Å². The summed E-state index contributed by atoms with van der Waals surface area (Å²) < 4.78 is 22.6. The van der Waals surface area contributed by atoms with Gasteiger partial charge in [-0.2, -0.15) is 0 Å². The van der Waals surface area contributed by atoms with Crippen molar-refractivity contribution in [3.05, 3.63) is 127 Å². The van der Waals surface area contributed by atoms with Crippen LogP contribution in [0.15, 0.2) is 121 Å². The van der Waals surface area contributed by atoms with E-state index < -0.39 is 6.85 Å². The molecule has 0 radical (unpaired) electrons. The van der Waals surface area contributed by atoms with Crippen LogP contribution in [0.1, 0.15) is 9.68 Å². The Hall–Kier alpha value is -3.97. The van der Waals surface area contributed by atoms with E-state index in [0.717, 1.165) is 33.5 Å². The molecule has 1 heteroatoms. The van der Waals surface area contributed by atoms with Crippen molar-refractivity contribution in [3.8, 4) is 44.6 Å². The third-order valence-electron chi connectivity index (χ3n) is 5.46. The van der Waals surface area contributed by atoms with Crippen molar-refractivity contribution in [1.82, 2.24) is 4.98 Å². The fourth-order valence-corrected chi connectivity index (χ4v) is 3.77. The highest BCUT2D eigenvalue weighted by atomic mass is 14.7. The summed E-state index contributed by atoms with van der Waals surface area (Å²) in [4.78, 5) is 4.62. The molecule has 0 aliphatic rings. The predicted molar refractivity (Wildman–Crippen MR) is 131 cm³/mol. The molecule has 1 nitrogen and oxygen atoms in total. The molecule has 0 N–H and O–H groups in total. The van der Waals surface area contributed by atoms with Gasteiger partial charge in [-0.1, -0.05) is 103 Å². The summed E-state index contributed by atoms with van der Waals surface area (Å²) in [5, 5.41) is 0. The summed E-state index contributed by atoms with van der Waals surface area (Å²) in [5.41, 5.74) is 8.95. The van der Waals surface area contributed by atoms with Gasteiger partial charge in [-0.05, 0) is 58.4 Å². The summed E-state index contributed by atoms with van der Waals surface area (Å²) in [6.07, 6.45) is 1.85. The zero-order valence-electron chi connectivity index (χ0n) is 20.0. The van der Waals surface area contributed by atoms with E-state index in [4.69, 9.17) is 4.11 Å². The van der Waals surface area contributed by atoms with Crippen molar-refractivity contribution in [2.24, 2.45) is 0 Å². The minimum Gasteiger partial charge on any atom is -0.256 e. The van der Waals surface area contributed by atoms with Crippen LogP contribution in [0, 0.1) is 6.85 Å². The smallest absolute Gasteiger partial charge is 0.0708 e. The number of benzene rings is 4. The second kappa shape index (κ2) is 8.41. The Labute approximate surface area is 187 Å². The molecule has 0 aliphatic heterocycles. The third kappa shape index (κ3) is 4.17. The first kappa shape index (κ1) is 15.8. The fourth-order valence-electron chi connectivity index (χ4n) is 3.77. The minimum atomic E-state index is -2.08. The maximum absolute atomic E-state index is 7.53. The molecule has 0 amide bonds. The molecule has 0 spiro atoms. The Bertz CT molecular complexity index is 1400. The second-order valence-corrected chi connectivity index (χ2v) is 7.53. The van der Waals surface area contributed by atoms with E-state index in [0.29, 0.717) is 5.56 Å². The molecule has 0 saturated heterocycles. The standard InChI is InChI=1S/C30H23N/c1-22-10-12-24(13-11-22)25-14-16-26(17-15-25)28-18-19-31-30(21-28)29-9-5-8-27(20-29)23-6-3-2-4-7-23/h2-21H,1H3/i1D3. The number of hydrogen-bond donors (Lipinski definition) is 0. The van der Waals surface area contributed by atoms with Crippen LogP contribution in [0.25, 0.3) is 44.6 Å². The van der Waals surface area contributed by atoms with Gasteiger partial charge in [0.1, 0.15) is 0 Å². The minimum absolute atomic E-state index is 0.355. The molecular weight excluding hydrogens is 374 g/mol. The van der Waals surface area contributed by atoms with E-state index in [-0.39, 0.29) is 0 Å². The summed E-state index contributed by atoms with van der Waals surface area (Å²) in [6, 6.07) is 38.3. The summed E-state index contributed by atoms with van der Waals surface area (Å²) in [7, 11) is 0. The lowest BCUT2D eigenvalue weighted by molar-refractivity contribution is 1.33. The van der Waals surface area contributed by atoms with Crippen LogP contribution >= 0.6 is 0 Å². The van der Waals surface area contributed by atoms with Gasteiger partial charge in [0.15, 0.2) is 0 Å². The van der Waals surface area contributed by atoms with Gasteiger partial charge < -0.3 is 0 Å². The van der Waals surface area contributed by atoms with Gasteiger partial charge in [-0.25, -0.2) is 0 Å². The van der Waals surface area contributed by atoms with Gasteiger partial charge in [0.2, 0.25) is 0 Å². The van der Waals surface area contributed by atoms with Gasteiger partial charge in [0, 0.05) is 15.9 Å². The maximum atomic E-state index is 7.53. The van der Waals surface area contributed by atoms with Gasteiger partial charge in [-0.15, -0.1) is 0 Å². The normalized spacial score (nSPS) is 12.6. The third-order valence-corrected chi connectivity index (χ3v) is 5.46. The lowest BCUT2D eigenvalue weighted by Crippen LogP contribution is -1.87. The zero-order chi connectivity index (χ0) is 23.5. The Morgan fingerprint density at radius 2 is 1.03 bits per heavy atom. The molecule has 0 bridgehead atoms. The molecule has 0 unspecified atom stereocenters. The highest BCUT2D eigenvalue weighted by Gasteiger charge is 2.06. The van der Waals surface area contributed by atoms with E-state index in [1.54, 1.807) is 12.1 Å². The first-order valence-corrected chi connectivity index (χ1v) is 10.3. The summed E-state index contributed by atoms with van der Waals surface area (Å²) in [6.45, 7) is -2.08. The first-order chi connectivity index (χ1) is 16.5. The molecule has 5 aromatic rings. The Morgan fingerprint density at radius 1 is 0.484 bits per heavy atom. The number of nitrogens with zero attached hydrogens (tertiary/aromatic N) is 1. The van der Waals surface area contributed by atoms with E-state index in [9.17, 15) is 0 Å². The Balaban J connectivity index is 1.41. The lowest BCUT2D eigenvalue weighted by Gasteiger charge is -2.09. The molecule has 1 aromatic heterocycles. The number of aromatic nitrogens is 1. The van der Waals surface area contributed by atoms with Crippen molar-refractivity contribution in [2.45, 2.75) is 6.85 Å². The molecule has 31 heavy (non-hydrogen) atoms. The van der Waals surface area contributed by atoms with Gasteiger partial charge in [0.25, 0.3) is 0 Å². The molecule has 0 fully saturated rings. The van der Waals surface area contributed by atoms with Gasteiger partial charge >= 0.3 is 0 Å². The van der Waals surface area contributed by atoms with Crippen LogP contribution in [-0.4, -0.2) is 4.98 Å². The molecular formula is C30H23N. The van der Waals surface area contributed by atoms with E-state index >= 15 is 0 Å². The predicted octanol–water partition coefficient (Wildman–Crippen LogP) is 8.06. The van der Waals surface area contributed by atoms with Gasteiger partial charge in [-0.3, -0.25) is 4.98 Å². The first-order valence-electron chi connectivity index (χ1n) is 11.8. The quantitative estimate of drug-likeness (QED) is 0.297. The molecule has 1 heterocycles. The lowest BCUT2D eigenvalue weighted by atomic mass is 9.98.